The van der Waals surface area contributed by atoms with Gasteiger partial charge in [0.25, 0.3) is 0 Å². The summed E-state index contributed by atoms with van der Waals surface area (Å²) in [6, 6.07) is 23.7. The van der Waals surface area contributed by atoms with E-state index in [-0.39, 0.29) is 23.0 Å². The van der Waals surface area contributed by atoms with Gasteiger partial charge in [0, 0.05) is 5.41 Å². The van der Waals surface area contributed by atoms with Gasteiger partial charge in [-0.3, -0.25) is 4.79 Å². The number of hydrogen-bond donors (Lipinski definition) is 2. The molecule has 1 atom stereocenters. The number of ether oxygens (including phenoxy) is 1. The molecular formula is C25H23BrN2O3. The third-order valence-electron chi connectivity index (χ3n) is 5.59. The second kappa shape index (κ2) is 8.94. The van der Waals surface area contributed by atoms with Crippen molar-refractivity contribution in [1.29, 1.82) is 0 Å². The van der Waals surface area contributed by atoms with Crippen molar-refractivity contribution >= 4 is 28.1 Å². The highest BCUT2D eigenvalue weighted by atomic mass is 79.9. The Labute approximate surface area is 189 Å². The first-order chi connectivity index (χ1) is 15.1. The molecule has 0 aliphatic heterocycles. The number of rotatable bonds is 7. The maximum Gasteiger partial charge on any atom is 0.244 e. The van der Waals surface area contributed by atoms with E-state index in [0.717, 1.165) is 17.5 Å². The molecule has 0 aromatic heterocycles. The van der Waals surface area contributed by atoms with Gasteiger partial charge >= 0.3 is 0 Å². The summed E-state index contributed by atoms with van der Waals surface area (Å²) in [6.45, 7) is 2.27. The van der Waals surface area contributed by atoms with Crippen molar-refractivity contribution in [3.8, 4) is 11.5 Å². The number of carbonyl (C=O) groups excluding carboxylic acids is 1. The molecule has 6 heteroatoms. The summed E-state index contributed by atoms with van der Waals surface area (Å²) < 4.78 is 5.93. The van der Waals surface area contributed by atoms with Gasteiger partial charge in [-0.1, -0.05) is 60.7 Å². The number of nitrogens with zero attached hydrogens (tertiary/aromatic N) is 1. The number of nitrogens with one attached hydrogen (secondary N) is 1. The van der Waals surface area contributed by atoms with Crippen LogP contribution in [0.2, 0.25) is 0 Å². The smallest absolute Gasteiger partial charge is 0.244 e. The molecular weight excluding hydrogens is 456 g/mol. The van der Waals surface area contributed by atoms with E-state index < -0.39 is 0 Å². The van der Waals surface area contributed by atoms with Gasteiger partial charge < -0.3 is 9.84 Å². The van der Waals surface area contributed by atoms with Crippen LogP contribution < -0.4 is 10.2 Å². The number of hydrazone groups is 1. The molecule has 4 rings (SSSR count). The van der Waals surface area contributed by atoms with Crippen molar-refractivity contribution in [2.24, 2.45) is 11.0 Å². The number of amides is 1. The highest BCUT2D eigenvalue weighted by Gasteiger charge is 2.60. The SMILES string of the molecule is CCOc1cc(/C=N\NC(=O)[C@@H]2CC2(c2ccccc2)c2ccccc2)cc(Br)c1O. The second-order valence-corrected chi connectivity index (χ2v) is 8.33. The van der Waals surface area contributed by atoms with Gasteiger partial charge in [-0.25, -0.2) is 5.43 Å². The van der Waals surface area contributed by atoms with Crippen LogP contribution >= 0.6 is 15.9 Å². The van der Waals surface area contributed by atoms with E-state index in [2.05, 4.69) is 50.7 Å². The number of hydrogen-bond acceptors (Lipinski definition) is 4. The quantitative estimate of drug-likeness (QED) is 0.370. The molecule has 0 saturated heterocycles. The molecule has 0 unspecified atom stereocenters. The summed E-state index contributed by atoms with van der Waals surface area (Å²) in [7, 11) is 0. The van der Waals surface area contributed by atoms with Crippen molar-refractivity contribution in [1.82, 2.24) is 5.43 Å². The van der Waals surface area contributed by atoms with E-state index >= 15 is 0 Å². The second-order valence-electron chi connectivity index (χ2n) is 7.48. The standard InChI is InChI=1S/C25H23BrN2O3/c1-2-31-22-14-17(13-21(26)23(22)29)16-27-28-24(30)20-15-25(20,18-9-5-3-6-10-18)19-11-7-4-8-12-19/h3-14,16,20,29H,2,15H2,1H3,(H,28,30)/b27-16-/t20-/m0/s1. The van der Waals surface area contributed by atoms with E-state index in [9.17, 15) is 9.90 Å². The molecule has 1 aliphatic rings. The molecule has 31 heavy (non-hydrogen) atoms. The first-order valence-electron chi connectivity index (χ1n) is 10.2. The topological polar surface area (TPSA) is 70.9 Å². The number of halogens is 1. The fourth-order valence-electron chi connectivity index (χ4n) is 4.04. The summed E-state index contributed by atoms with van der Waals surface area (Å²) in [4.78, 5) is 12.9. The number of aromatic hydroxyl groups is 1. The summed E-state index contributed by atoms with van der Waals surface area (Å²) in [6.07, 6.45) is 2.28. The van der Waals surface area contributed by atoms with Crippen LogP contribution in [-0.2, 0) is 10.2 Å². The zero-order chi connectivity index (χ0) is 21.8. The van der Waals surface area contributed by atoms with E-state index in [1.165, 1.54) is 0 Å². The lowest BCUT2D eigenvalue weighted by Gasteiger charge is -2.18. The van der Waals surface area contributed by atoms with Gasteiger partial charge in [0.05, 0.1) is 23.2 Å². The van der Waals surface area contributed by atoms with Gasteiger partial charge in [0.2, 0.25) is 5.91 Å². The average molecular weight is 479 g/mol. The fraction of sp³-hybridized carbons (Fsp3) is 0.200. The largest absolute Gasteiger partial charge is 0.503 e. The van der Waals surface area contributed by atoms with Crippen molar-refractivity contribution in [2.45, 2.75) is 18.8 Å². The molecule has 1 saturated carbocycles. The van der Waals surface area contributed by atoms with Crippen molar-refractivity contribution in [2.75, 3.05) is 6.61 Å². The normalized spacial score (nSPS) is 16.8. The minimum Gasteiger partial charge on any atom is -0.503 e. The van der Waals surface area contributed by atoms with Crippen LogP contribution in [-0.4, -0.2) is 23.8 Å². The van der Waals surface area contributed by atoms with E-state index in [4.69, 9.17) is 4.74 Å². The monoisotopic (exact) mass is 478 g/mol. The zero-order valence-corrected chi connectivity index (χ0v) is 18.7. The Morgan fingerprint density at radius 3 is 2.35 bits per heavy atom. The van der Waals surface area contributed by atoms with Gasteiger partial charge in [0.15, 0.2) is 11.5 Å². The first-order valence-corrected chi connectivity index (χ1v) is 10.9. The van der Waals surface area contributed by atoms with Crippen molar-refractivity contribution < 1.29 is 14.6 Å². The molecule has 0 spiro atoms. The lowest BCUT2D eigenvalue weighted by Crippen LogP contribution is -2.25. The summed E-state index contributed by atoms with van der Waals surface area (Å²) in [5, 5.41) is 14.2. The van der Waals surface area contributed by atoms with Crippen molar-refractivity contribution in [3.05, 3.63) is 94.0 Å². The molecule has 1 amide bonds. The number of phenols is 1. The molecule has 0 radical (unpaired) electrons. The minimum absolute atomic E-state index is 0.0384. The zero-order valence-electron chi connectivity index (χ0n) is 17.1. The molecule has 0 heterocycles. The molecule has 158 valence electrons. The number of benzene rings is 3. The van der Waals surface area contributed by atoms with E-state index in [1.54, 1.807) is 18.3 Å². The van der Waals surface area contributed by atoms with Crippen LogP contribution in [0.3, 0.4) is 0 Å². The highest BCUT2D eigenvalue weighted by molar-refractivity contribution is 9.10. The molecule has 0 bridgehead atoms. The van der Waals surface area contributed by atoms with Crippen LogP contribution in [0.5, 0.6) is 11.5 Å². The Morgan fingerprint density at radius 1 is 1.16 bits per heavy atom. The summed E-state index contributed by atoms with van der Waals surface area (Å²) >= 11 is 3.31. The Balaban J connectivity index is 1.52. The Morgan fingerprint density at radius 2 is 1.77 bits per heavy atom. The molecule has 5 nitrogen and oxygen atoms in total. The third-order valence-corrected chi connectivity index (χ3v) is 6.20. The van der Waals surface area contributed by atoms with Crippen LogP contribution in [0.1, 0.15) is 30.0 Å². The molecule has 3 aromatic rings. The van der Waals surface area contributed by atoms with E-state index in [0.29, 0.717) is 22.4 Å². The molecule has 2 N–H and O–H groups in total. The Bertz CT molecular complexity index is 1060. The number of carbonyl (C=O) groups is 1. The average Bonchev–Trinajstić information content (AvgIpc) is 3.56. The Hall–Kier alpha value is -3.12. The molecule has 3 aromatic carbocycles. The third kappa shape index (κ3) is 4.21. The minimum atomic E-state index is -0.328. The lowest BCUT2D eigenvalue weighted by molar-refractivity contribution is -0.122. The Kier molecular flexibility index (Phi) is 6.09. The van der Waals surface area contributed by atoms with Crippen molar-refractivity contribution in [3.63, 3.8) is 0 Å². The van der Waals surface area contributed by atoms with Crippen LogP contribution in [0.25, 0.3) is 0 Å². The van der Waals surface area contributed by atoms with Gasteiger partial charge in [0.1, 0.15) is 0 Å². The molecule has 1 fully saturated rings. The molecule has 1 aliphatic carbocycles. The predicted octanol–water partition coefficient (Wildman–Crippen LogP) is 5.01. The first kappa shape index (κ1) is 21.1. The number of phenolic OH excluding ortho intramolecular Hbond substituents is 1. The maximum absolute atomic E-state index is 12.9. The maximum atomic E-state index is 12.9. The van der Waals surface area contributed by atoms with Gasteiger partial charge in [-0.2, -0.15) is 5.10 Å². The van der Waals surface area contributed by atoms with Crippen LogP contribution in [0.4, 0.5) is 0 Å². The van der Waals surface area contributed by atoms with Gasteiger partial charge in [-0.15, -0.1) is 0 Å². The van der Waals surface area contributed by atoms with Crippen LogP contribution in [0.15, 0.2) is 82.4 Å². The van der Waals surface area contributed by atoms with E-state index in [1.807, 2.05) is 43.3 Å². The highest BCUT2D eigenvalue weighted by Crippen LogP contribution is 2.58. The lowest BCUT2D eigenvalue weighted by atomic mass is 9.85. The fourth-order valence-corrected chi connectivity index (χ4v) is 4.50. The summed E-state index contributed by atoms with van der Waals surface area (Å²) in [5.41, 5.74) is 5.32. The van der Waals surface area contributed by atoms with Crippen LogP contribution in [0, 0.1) is 5.92 Å². The predicted molar refractivity (Wildman–Crippen MR) is 124 cm³/mol. The summed E-state index contributed by atoms with van der Waals surface area (Å²) in [5.74, 6) is 0.0855. The van der Waals surface area contributed by atoms with Gasteiger partial charge in [-0.05, 0) is 58.1 Å².